The van der Waals surface area contributed by atoms with E-state index in [4.69, 9.17) is 4.74 Å². The third-order valence-electron chi connectivity index (χ3n) is 6.83. The largest absolute Gasteiger partial charge is 0.489 e. The fourth-order valence-corrected chi connectivity index (χ4v) is 5.23. The molecule has 0 saturated carbocycles. The van der Waals surface area contributed by atoms with Crippen LogP contribution < -0.4 is 10.3 Å². The molecule has 8 heteroatoms. The molecular weight excluding hydrogens is 460 g/mol. The number of nitrogens with one attached hydrogen (secondary N) is 1. The Morgan fingerprint density at radius 2 is 1.94 bits per heavy atom. The van der Waals surface area contributed by atoms with E-state index < -0.39 is 11.6 Å². The summed E-state index contributed by atoms with van der Waals surface area (Å²) in [6.07, 6.45) is 5.12. The number of hydrogen-bond acceptors (Lipinski definition) is 3. The smallest absolute Gasteiger partial charge is 0.258 e. The molecule has 2 aliphatic heterocycles. The number of hydrogen-bond donors (Lipinski definition) is 1. The van der Waals surface area contributed by atoms with Gasteiger partial charge in [0.15, 0.2) is 0 Å². The second-order valence-electron chi connectivity index (χ2n) is 8.79. The second-order valence-corrected chi connectivity index (χ2v) is 8.79. The number of aromatic nitrogens is 2. The average molecular weight is 484 g/mol. The molecule has 2 aromatic carbocycles. The number of rotatable bonds is 4. The van der Waals surface area contributed by atoms with E-state index in [1.807, 2.05) is 12.1 Å². The molecule has 0 radical (unpaired) electrons. The molecule has 6 rings (SSSR count). The van der Waals surface area contributed by atoms with Gasteiger partial charge in [-0.3, -0.25) is 14.3 Å². The lowest BCUT2D eigenvalue weighted by molar-refractivity contribution is 0.244. The minimum Gasteiger partial charge on any atom is -0.489 e. The highest BCUT2D eigenvalue weighted by molar-refractivity contribution is 5.87. The Hall–Kier alpha value is -3.16. The Morgan fingerprint density at radius 1 is 1.06 bits per heavy atom. The summed E-state index contributed by atoms with van der Waals surface area (Å²) in [6, 6.07) is 13.0. The fraction of sp³-hybridized carbons (Fsp3) is 0.269. The minimum atomic E-state index is -0.675. The van der Waals surface area contributed by atoms with Gasteiger partial charge in [0.1, 0.15) is 24.0 Å². The van der Waals surface area contributed by atoms with Crippen molar-refractivity contribution in [3.8, 4) is 11.4 Å². The van der Waals surface area contributed by atoms with Crippen LogP contribution in [-0.2, 0) is 13.0 Å². The van der Waals surface area contributed by atoms with Crippen molar-refractivity contribution in [1.82, 2.24) is 14.5 Å². The van der Waals surface area contributed by atoms with E-state index in [-0.39, 0.29) is 30.1 Å². The highest BCUT2D eigenvalue weighted by Crippen LogP contribution is 2.41. The van der Waals surface area contributed by atoms with Gasteiger partial charge in [0.05, 0.1) is 5.69 Å². The van der Waals surface area contributed by atoms with Crippen molar-refractivity contribution in [1.29, 1.82) is 0 Å². The van der Waals surface area contributed by atoms with E-state index >= 15 is 0 Å². The monoisotopic (exact) mass is 483 g/mol. The van der Waals surface area contributed by atoms with E-state index in [2.05, 4.69) is 16.0 Å². The van der Waals surface area contributed by atoms with Gasteiger partial charge in [0, 0.05) is 59.5 Å². The van der Waals surface area contributed by atoms with E-state index in [1.165, 1.54) is 54.2 Å². The number of halogens is 3. The molecule has 34 heavy (non-hydrogen) atoms. The summed E-state index contributed by atoms with van der Waals surface area (Å²) in [7, 11) is 0. The summed E-state index contributed by atoms with van der Waals surface area (Å²) in [5.41, 5.74) is 4.53. The molecule has 0 spiro atoms. The maximum atomic E-state index is 13.8. The zero-order valence-electron chi connectivity index (χ0n) is 18.4. The van der Waals surface area contributed by atoms with Crippen LogP contribution in [0.1, 0.15) is 35.7 Å². The molecule has 0 aliphatic carbocycles. The Kier molecular flexibility index (Phi) is 5.91. The predicted octanol–water partition coefficient (Wildman–Crippen LogP) is 5.29. The Morgan fingerprint density at radius 3 is 2.76 bits per heavy atom. The van der Waals surface area contributed by atoms with Gasteiger partial charge in [-0.05, 0) is 55.3 Å². The number of aromatic amines is 1. The highest BCUT2D eigenvalue weighted by Gasteiger charge is 2.33. The molecule has 1 atom stereocenters. The zero-order chi connectivity index (χ0) is 22.5. The van der Waals surface area contributed by atoms with Crippen molar-refractivity contribution in [3.63, 3.8) is 0 Å². The lowest BCUT2D eigenvalue weighted by Gasteiger charge is -2.29. The van der Waals surface area contributed by atoms with Crippen LogP contribution in [0.25, 0.3) is 16.6 Å². The second kappa shape index (κ2) is 8.89. The maximum absolute atomic E-state index is 13.8. The van der Waals surface area contributed by atoms with Crippen LogP contribution in [0.4, 0.5) is 8.78 Å². The summed E-state index contributed by atoms with van der Waals surface area (Å²) in [6.45, 7) is 2.18. The van der Waals surface area contributed by atoms with Gasteiger partial charge < -0.3 is 9.72 Å². The molecule has 2 aromatic heterocycles. The van der Waals surface area contributed by atoms with Gasteiger partial charge in [-0.25, -0.2) is 8.78 Å². The lowest BCUT2D eigenvalue weighted by atomic mass is 9.96. The quantitative estimate of drug-likeness (QED) is 0.429. The summed E-state index contributed by atoms with van der Waals surface area (Å²) in [5.74, 6) is -0.983. The topological polar surface area (TPSA) is 50.3 Å². The third-order valence-corrected chi connectivity index (χ3v) is 6.83. The number of H-pyrrole nitrogens is 1. The average Bonchev–Trinajstić information content (AvgIpc) is 3.42. The van der Waals surface area contributed by atoms with Crippen LogP contribution in [0.15, 0.2) is 59.5 Å². The van der Waals surface area contributed by atoms with Gasteiger partial charge >= 0.3 is 0 Å². The summed E-state index contributed by atoms with van der Waals surface area (Å²) < 4.78 is 34.0. The van der Waals surface area contributed by atoms with Gasteiger partial charge in [-0.1, -0.05) is 6.07 Å². The van der Waals surface area contributed by atoms with Crippen molar-refractivity contribution >= 4 is 23.3 Å². The summed E-state index contributed by atoms with van der Waals surface area (Å²) >= 11 is 0. The molecule has 176 valence electrons. The van der Waals surface area contributed by atoms with Crippen molar-refractivity contribution in [2.24, 2.45) is 0 Å². The van der Waals surface area contributed by atoms with Gasteiger partial charge in [-0.2, -0.15) is 0 Å². The van der Waals surface area contributed by atoms with Crippen LogP contribution in [0, 0.1) is 11.6 Å². The number of pyridine rings is 1. The molecule has 4 heterocycles. The summed E-state index contributed by atoms with van der Waals surface area (Å²) in [4.78, 5) is 18.9. The minimum absolute atomic E-state index is 0. The number of benzene rings is 2. The van der Waals surface area contributed by atoms with Crippen LogP contribution in [-0.4, -0.2) is 27.5 Å². The molecule has 0 bridgehead atoms. The van der Waals surface area contributed by atoms with Crippen LogP contribution in [0.2, 0.25) is 0 Å². The molecule has 1 N–H and O–H groups in total. The first-order valence-corrected chi connectivity index (χ1v) is 11.3. The molecule has 1 fully saturated rings. The van der Waals surface area contributed by atoms with Crippen LogP contribution >= 0.6 is 12.4 Å². The Labute approximate surface area is 201 Å². The fourth-order valence-electron chi connectivity index (χ4n) is 5.23. The standard InChI is InChI=1S/C26H23F2N3O2.ClH/c27-17-4-3-16(21(28)12-17)15-33-19-7-11-31(25(32)14-19)18-5-6-20-23(13-18)29-22-8-10-30-9-1-2-24(30)26(20)22;/h3-7,11-14,24,29H,1-2,8-10,15H2;1H. The van der Waals surface area contributed by atoms with Crippen LogP contribution in [0.3, 0.4) is 0 Å². The van der Waals surface area contributed by atoms with Gasteiger partial charge in [0.2, 0.25) is 0 Å². The van der Waals surface area contributed by atoms with Crippen molar-refractivity contribution < 1.29 is 13.5 Å². The third kappa shape index (κ3) is 3.89. The first kappa shape index (κ1) is 22.6. The number of ether oxygens (including phenoxy) is 1. The molecular formula is C26H24ClF2N3O2. The first-order valence-electron chi connectivity index (χ1n) is 11.3. The summed E-state index contributed by atoms with van der Waals surface area (Å²) in [5, 5.41) is 1.24. The maximum Gasteiger partial charge on any atom is 0.258 e. The van der Waals surface area contributed by atoms with E-state index in [1.54, 1.807) is 16.8 Å². The predicted molar refractivity (Wildman–Crippen MR) is 129 cm³/mol. The normalized spacial score (nSPS) is 17.3. The molecule has 5 nitrogen and oxygen atoms in total. The lowest BCUT2D eigenvalue weighted by Crippen LogP contribution is -2.30. The molecule has 0 amide bonds. The van der Waals surface area contributed by atoms with Gasteiger partial charge in [0.25, 0.3) is 5.56 Å². The van der Waals surface area contributed by atoms with E-state index in [0.29, 0.717) is 11.8 Å². The van der Waals surface area contributed by atoms with Gasteiger partial charge in [-0.15, -0.1) is 12.4 Å². The van der Waals surface area contributed by atoms with Crippen molar-refractivity contribution in [3.05, 3.63) is 93.5 Å². The van der Waals surface area contributed by atoms with Crippen LogP contribution in [0.5, 0.6) is 5.75 Å². The molecule has 2 aliphatic rings. The highest BCUT2D eigenvalue weighted by atomic mass is 35.5. The number of fused-ring (bicyclic) bond motifs is 5. The molecule has 1 unspecified atom stereocenters. The molecule has 1 saturated heterocycles. The van der Waals surface area contributed by atoms with Crippen molar-refractivity contribution in [2.45, 2.75) is 31.9 Å². The van der Waals surface area contributed by atoms with E-state index in [9.17, 15) is 13.6 Å². The Bertz CT molecular complexity index is 1430. The Balaban J connectivity index is 0.00000241. The van der Waals surface area contributed by atoms with E-state index in [0.717, 1.165) is 30.2 Å². The molecule has 4 aromatic rings. The zero-order valence-corrected chi connectivity index (χ0v) is 19.2. The SMILES string of the molecule is Cl.O=c1cc(OCc2ccc(F)cc2F)ccn1-c1ccc2c3c([nH]c2c1)CCN1CCCC31. The van der Waals surface area contributed by atoms with Crippen molar-refractivity contribution in [2.75, 3.05) is 13.1 Å². The first-order chi connectivity index (χ1) is 16.1. The number of nitrogens with zero attached hydrogens (tertiary/aromatic N) is 2.